The molecular weight excluding hydrogens is 1950 g/mol. The Balaban J connectivity index is 0.000000180. The number of ether oxygens (including phenoxy) is 11. The number of carbonyl (C=O) groups is 2. The molecule has 0 aliphatic carbocycles. The molecule has 748 valence electrons. The van der Waals surface area contributed by atoms with Gasteiger partial charge >= 0.3 is 41.5 Å². The second kappa shape index (κ2) is 50.9. The number of rotatable bonds is 25. The van der Waals surface area contributed by atoms with Crippen LogP contribution in [0, 0.1) is 76.5 Å². The third-order valence-corrected chi connectivity index (χ3v) is 27.4. The number of nitrogens with zero attached hydrogens (tertiary/aromatic N) is 24. The van der Waals surface area contributed by atoms with Crippen molar-refractivity contribution in [1.82, 2.24) is 105 Å². The van der Waals surface area contributed by atoms with Crippen molar-refractivity contribution in [3.05, 3.63) is 192 Å². The van der Waals surface area contributed by atoms with Crippen LogP contribution in [0.4, 0.5) is 39.5 Å². The molecule has 0 saturated carbocycles. The van der Waals surface area contributed by atoms with Crippen molar-refractivity contribution in [1.29, 1.82) is 0 Å². The third kappa shape index (κ3) is 26.1. The Hall–Kier alpha value is -10.8. The van der Waals surface area contributed by atoms with E-state index in [9.17, 15) is 74.6 Å². The predicted octanol–water partition coefficient (Wildman–Crippen LogP) is 2.86. The normalized spacial score (nSPS) is 27.4. The van der Waals surface area contributed by atoms with E-state index in [1.807, 2.05) is 13.8 Å². The summed E-state index contributed by atoms with van der Waals surface area (Å²) in [6.45, 7) is 6.46. The van der Waals surface area contributed by atoms with Crippen LogP contribution in [0.2, 0.25) is 0 Å². The number of aromatic nitrogens is 21. The van der Waals surface area contributed by atoms with Crippen LogP contribution in [0.15, 0.2) is 129 Å². The van der Waals surface area contributed by atoms with E-state index in [4.69, 9.17) is 69.2 Å². The molecule has 6 aliphatic heterocycles. The molecule has 43 nitrogen and oxygen atoms in total. The molecule has 17 rings (SSSR count). The van der Waals surface area contributed by atoms with Crippen molar-refractivity contribution in [2.45, 2.75) is 157 Å². The first kappa shape index (κ1) is 109. The molecule has 0 radical (unpaired) electrons. The first-order valence-electron chi connectivity index (χ1n) is 42.6. The van der Waals surface area contributed by atoms with E-state index in [0.717, 1.165) is 43.5 Å². The molecule has 0 bridgehead atoms. The van der Waals surface area contributed by atoms with Crippen molar-refractivity contribution in [2.24, 2.45) is 17.0 Å². The summed E-state index contributed by atoms with van der Waals surface area (Å²) in [4.78, 5) is 49.4. The van der Waals surface area contributed by atoms with E-state index in [0.29, 0.717) is 28.1 Å². The monoisotopic (exact) mass is 2040 g/mol. The molecule has 24 atom stereocenters. The Morgan fingerprint density at radius 2 is 0.773 bits per heavy atom. The van der Waals surface area contributed by atoms with E-state index < -0.39 is 200 Å². The van der Waals surface area contributed by atoms with Gasteiger partial charge in [0.25, 0.3) is 0 Å². The average molecular weight is 2040 g/mol. The van der Waals surface area contributed by atoms with Crippen LogP contribution in [0.5, 0.6) is 0 Å². The maximum Gasteiger partial charge on any atom is 1.00 e. The minimum Gasteiger partial charge on any atom is -0.857 e. The van der Waals surface area contributed by atoms with E-state index in [1.54, 1.807) is 54.3 Å². The van der Waals surface area contributed by atoms with Gasteiger partial charge in [-0.25, -0.2) is 92.8 Å². The number of methoxy groups -OCH3 is 3. The smallest absolute Gasteiger partial charge is 0.857 e. The van der Waals surface area contributed by atoms with Crippen LogP contribution < -0.4 is 34.7 Å². The molecule has 0 spiro atoms. The fourth-order valence-corrected chi connectivity index (χ4v) is 20.5. The molecule has 6 fully saturated rings. The summed E-state index contributed by atoms with van der Waals surface area (Å²) in [5.41, 5.74) is 9.68. The maximum atomic E-state index is 14.0. The summed E-state index contributed by atoms with van der Waals surface area (Å²) in [5.74, 6) is -12.3. The van der Waals surface area contributed by atoms with Gasteiger partial charge in [-0.2, -0.15) is 7.11 Å². The van der Waals surface area contributed by atoms with Gasteiger partial charge in [0.1, 0.15) is 126 Å². The number of benzene rings is 3. The van der Waals surface area contributed by atoms with Gasteiger partial charge in [0.05, 0.1) is 147 Å². The molecule has 141 heavy (non-hydrogen) atoms. The topological polar surface area (TPSA) is 540 Å². The Morgan fingerprint density at radius 3 is 1.10 bits per heavy atom. The maximum absolute atomic E-state index is 14.0. The number of esters is 2. The van der Waals surface area contributed by atoms with Crippen LogP contribution in [0.1, 0.15) is 63.5 Å². The molecule has 24 unspecified atom stereocenters. The molecule has 8 aromatic heterocycles. The van der Waals surface area contributed by atoms with Crippen molar-refractivity contribution in [2.75, 3.05) is 87.9 Å². The van der Waals surface area contributed by atoms with Crippen LogP contribution in [-0.4, -0.2) is 329 Å². The van der Waals surface area contributed by atoms with Crippen molar-refractivity contribution in [3.8, 4) is 68.6 Å². The number of hydrogen-bond acceptors (Lipinski definition) is 39. The Kier molecular flexibility index (Phi) is 39.4. The van der Waals surface area contributed by atoms with Gasteiger partial charge in [0.2, 0.25) is 0 Å². The Labute approximate surface area is 830 Å². The third-order valence-electron chi connectivity index (χ3n) is 23.2. The molecule has 5 N–H and O–H groups in total. The summed E-state index contributed by atoms with van der Waals surface area (Å²) >= 11 is 3.68. The first-order valence-corrected chi connectivity index (χ1v) is 45.4. The minimum absolute atomic E-state index is 0. The number of carbonyl (C=O) groups excluding carboxylic acids is 2. The largest absolute Gasteiger partial charge is 1.00 e. The van der Waals surface area contributed by atoms with Crippen LogP contribution >= 0.6 is 35.3 Å². The fraction of sp³-hybridized carbons (Fsp3) is 0.482. The van der Waals surface area contributed by atoms with Crippen molar-refractivity contribution < 1.29 is 161 Å². The van der Waals surface area contributed by atoms with Crippen molar-refractivity contribution >= 4 is 47.2 Å². The average Bonchev–Trinajstić information content (AvgIpc) is 1.36. The number of hydrogen-bond donors (Lipinski definition) is 5. The van der Waals surface area contributed by atoms with Gasteiger partial charge in [-0.05, 0) is 41.9 Å². The molecule has 11 aromatic rings. The number of terminal acetylenes is 1. The number of azide groups is 1. The Morgan fingerprint density at radius 1 is 0.468 bits per heavy atom. The predicted molar refractivity (Wildman–Crippen MR) is 470 cm³/mol. The van der Waals surface area contributed by atoms with Gasteiger partial charge in [-0.15, -0.1) is 67.2 Å². The second-order valence-electron chi connectivity index (χ2n) is 31.9. The van der Waals surface area contributed by atoms with Crippen LogP contribution in [-0.2, 0) is 61.7 Å². The minimum atomic E-state index is -1.61. The number of halogens is 9. The zero-order valence-corrected chi connectivity index (χ0v) is 80.6. The van der Waals surface area contributed by atoms with Gasteiger partial charge in [0.15, 0.2) is 52.4 Å². The zero-order valence-electron chi connectivity index (χ0n) is 76.2. The van der Waals surface area contributed by atoms with E-state index in [-0.39, 0.29) is 128 Å². The zero-order chi connectivity index (χ0) is 100. The molecule has 14 heterocycles. The van der Waals surface area contributed by atoms with Crippen molar-refractivity contribution in [3.63, 3.8) is 0 Å². The fourth-order valence-electron chi connectivity index (χ4n) is 16.0. The molecular formula is C85H92F9N24NaO19S3. The van der Waals surface area contributed by atoms with E-state index >= 15 is 0 Å². The SMILES string of the molecule is C#Cc1cncnc1.COC1C(SC2COCC(N=[N+]=[N-])C2O)OC(COC(C)=O)C(C)C1n1cc(-c2cc(F)c(F)c(F)c2)nn1.COC1C(SC2COCC(n3cc(-c4cncnc4)nn3)C2O)OC(CO)C(O)C1n1cc(-c2cc(F)c(F)c(F)c2)nn1.COC1C(SC2COCC(n3cc(-c4cncnc4)nn3)C2O)OC(COC(C)=O)C(C)C1n1cc(-c2cc(F)c(F)c(F)c2)nn1.C[O-].[Na+]. The van der Waals surface area contributed by atoms with E-state index in [2.05, 4.69) is 97.4 Å². The number of aliphatic hydroxyl groups is 5. The Bertz CT molecular complexity index is 5960. The standard InChI is InChI=1S/C29H31F3N8O6S.C26H27F3N8O6S.C23H27F3N6O6S.C6H4N2.CH3O.Na/c1-14-23(11-45-15(2)41)46-29(28(43-3)26(14)40-9-20(35-38-40)16-4-18(30)25(32)19(31)5-16)47-24-12-44-10-22(27(24)42)39-8-21(36-37-39)17-6-33-13-34-7-17;1-41-25-22(37-7-16(32-35-37)12-2-14(27)21(29)15(28)3-12)24(40)19(8-38)43-26(25)44-20-10-42-9-18(23(20)39)36-6-17(33-34-36)13-4-30-11-31-5-13;1-10-17(8-37-11(2)33)38-23(39-18-9-36-7-16(21(18)34)28-30-27)22(35-3)20(10)32-6-15(29-31-32)12-4-13(24)19(26)14(25)5-12;1-2-6-3-7-5-8-4-6;1-2;/h4-9,13-14,22-24,26-29,42H,10-12H2,1-3H3;2-7,11,18-20,22-26,38-40H,8-10H2,1H3;4-6,10,16-18,20-23,34H,7-9H2,1-3H3;1,3-5H;1H3;/q;;;;-1;+1. The summed E-state index contributed by atoms with van der Waals surface area (Å²) in [6, 6.07) is 0.784. The quantitative estimate of drug-likeness (QED) is 0.00802. The summed E-state index contributed by atoms with van der Waals surface area (Å²) in [6.07, 6.45) is 17.5. The second-order valence-corrected chi connectivity index (χ2v) is 35.9. The van der Waals surface area contributed by atoms with Gasteiger partial charge in [0, 0.05) is 117 Å². The number of thioether (sulfide) groups is 3. The molecule has 0 amide bonds. The number of aliphatic hydroxyl groups excluding tert-OH is 5. The molecule has 6 saturated heterocycles. The van der Waals surface area contributed by atoms with Crippen LogP contribution in [0.25, 0.3) is 66.7 Å². The summed E-state index contributed by atoms with van der Waals surface area (Å²) in [7, 11) is 5.11. The van der Waals surface area contributed by atoms with Gasteiger partial charge in [-0.1, -0.05) is 50.9 Å². The van der Waals surface area contributed by atoms with E-state index in [1.165, 1.54) is 127 Å². The first-order chi connectivity index (χ1) is 67.5. The molecule has 56 heteroatoms. The molecule has 6 aliphatic rings. The van der Waals surface area contributed by atoms with Gasteiger partial charge < -0.3 is 82.7 Å². The molecule has 3 aromatic carbocycles. The van der Waals surface area contributed by atoms with Gasteiger partial charge in [-0.3, -0.25) is 9.59 Å². The summed E-state index contributed by atoms with van der Waals surface area (Å²) in [5, 5.41) is 106. The summed E-state index contributed by atoms with van der Waals surface area (Å²) < 4.78 is 195. The van der Waals surface area contributed by atoms with Crippen LogP contribution in [0.3, 0.4) is 0 Å².